The number of nitrogens with one attached hydrogen (secondary N) is 1. The van der Waals surface area contributed by atoms with Crippen molar-refractivity contribution in [1.82, 2.24) is 9.97 Å². The van der Waals surface area contributed by atoms with Gasteiger partial charge in [-0.25, -0.2) is 9.97 Å². The van der Waals surface area contributed by atoms with Gasteiger partial charge in [0, 0.05) is 26.2 Å². The predicted octanol–water partition coefficient (Wildman–Crippen LogP) is 2.59. The lowest BCUT2D eigenvalue weighted by atomic mass is 10.1. The molecule has 21 heavy (non-hydrogen) atoms. The summed E-state index contributed by atoms with van der Waals surface area (Å²) in [4.78, 5) is 10.7. The van der Waals surface area contributed by atoms with Crippen molar-refractivity contribution in [2.24, 2.45) is 0 Å². The summed E-state index contributed by atoms with van der Waals surface area (Å²) in [5.74, 6) is 1.78. The molecule has 1 N–H and O–H groups in total. The fourth-order valence-corrected chi connectivity index (χ4v) is 2.36. The highest BCUT2D eigenvalue weighted by Gasteiger charge is 2.13. The van der Waals surface area contributed by atoms with E-state index in [2.05, 4.69) is 33.2 Å². The van der Waals surface area contributed by atoms with Crippen molar-refractivity contribution >= 4 is 11.6 Å². The second-order valence-electron chi connectivity index (χ2n) is 4.80. The van der Waals surface area contributed by atoms with Crippen molar-refractivity contribution in [2.75, 3.05) is 24.3 Å². The van der Waals surface area contributed by atoms with Gasteiger partial charge >= 0.3 is 0 Å². The van der Waals surface area contributed by atoms with Gasteiger partial charge in [-0.3, -0.25) is 0 Å². The van der Waals surface area contributed by atoms with E-state index in [0.717, 1.165) is 29.2 Å². The van der Waals surface area contributed by atoms with Crippen LogP contribution in [0.5, 0.6) is 0 Å². The molecule has 1 heterocycles. The van der Waals surface area contributed by atoms with Gasteiger partial charge in [0.2, 0.25) is 0 Å². The number of rotatable bonds is 5. The van der Waals surface area contributed by atoms with Gasteiger partial charge in [-0.2, -0.15) is 5.26 Å². The van der Waals surface area contributed by atoms with Crippen LogP contribution in [0.1, 0.15) is 23.6 Å². The van der Waals surface area contributed by atoms with Crippen LogP contribution >= 0.6 is 0 Å². The highest BCUT2D eigenvalue weighted by atomic mass is 15.2. The number of hydrogen-bond acceptors (Lipinski definition) is 5. The normalized spacial score (nSPS) is 10.0. The summed E-state index contributed by atoms with van der Waals surface area (Å²) in [5.41, 5.74) is 2.86. The van der Waals surface area contributed by atoms with Gasteiger partial charge in [0.1, 0.15) is 18.0 Å². The molecule has 0 spiro atoms. The maximum Gasteiger partial charge on any atom is 0.137 e. The Morgan fingerprint density at radius 2 is 2.14 bits per heavy atom. The molecule has 0 aliphatic heterocycles. The van der Waals surface area contributed by atoms with Crippen LogP contribution < -0.4 is 10.2 Å². The van der Waals surface area contributed by atoms with Crippen LogP contribution in [0.4, 0.5) is 11.6 Å². The number of aromatic nitrogens is 2. The third-order valence-corrected chi connectivity index (χ3v) is 3.35. The Bertz CT molecular complexity index is 660. The summed E-state index contributed by atoms with van der Waals surface area (Å²) < 4.78 is 0. The predicted molar refractivity (Wildman–Crippen MR) is 84.2 cm³/mol. The van der Waals surface area contributed by atoms with Crippen molar-refractivity contribution in [1.29, 1.82) is 5.26 Å². The molecule has 0 amide bonds. The number of anilines is 2. The summed E-state index contributed by atoms with van der Waals surface area (Å²) in [6, 6.07) is 9.80. The molecular weight excluding hydrogens is 262 g/mol. The van der Waals surface area contributed by atoms with E-state index in [1.807, 2.05) is 38.4 Å². The third kappa shape index (κ3) is 3.29. The van der Waals surface area contributed by atoms with Crippen LogP contribution in [0.15, 0.2) is 30.6 Å². The lowest BCUT2D eigenvalue weighted by Crippen LogP contribution is -2.20. The highest BCUT2D eigenvalue weighted by Crippen LogP contribution is 2.24. The summed E-state index contributed by atoms with van der Waals surface area (Å²) in [5, 5.41) is 12.1. The molecule has 5 heteroatoms. The Kier molecular flexibility index (Phi) is 4.72. The third-order valence-electron chi connectivity index (χ3n) is 3.35. The Morgan fingerprint density at radius 3 is 2.81 bits per heavy atom. The Balaban J connectivity index is 2.28. The van der Waals surface area contributed by atoms with E-state index in [4.69, 9.17) is 5.26 Å². The van der Waals surface area contributed by atoms with Gasteiger partial charge in [0.25, 0.3) is 0 Å². The van der Waals surface area contributed by atoms with Gasteiger partial charge in [0.05, 0.1) is 11.6 Å². The van der Waals surface area contributed by atoms with Gasteiger partial charge < -0.3 is 10.2 Å². The van der Waals surface area contributed by atoms with Crippen LogP contribution in [0.25, 0.3) is 0 Å². The molecule has 0 radical (unpaired) electrons. The van der Waals surface area contributed by atoms with Crippen LogP contribution in [0.3, 0.4) is 0 Å². The van der Waals surface area contributed by atoms with Crippen molar-refractivity contribution in [3.8, 4) is 6.07 Å². The van der Waals surface area contributed by atoms with E-state index in [1.54, 1.807) is 6.33 Å². The lowest BCUT2D eigenvalue weighted by Gasteiger charge is -2.22. The first-order valence-electron chi connectivity index (χ1n) is 6.91. The SMILES string of the molecule is CCc1c(NC)ncnc1N(C)Cc1cccc(C#N)c1. The molecule has 2 rings (SSSR count). The Labute approximate surface area is 125 Å². The quantitative estimate of drug-likeness (QED) is 0.912. The molecule has 108 valence electrons. The fourth-order valence-electron chi connectivity index (χ4n) is 2.36. The molecule has 0 unspecified atom stereocenters. The van der Waals surface area contributed by atoms with E-state index in [9.17, 15) is 0 Å². The van der Waals surface area contributed by atoms with Crippen LogP contribution in [0.2, 0.25) is 0 Å². The standard InChI is InChI=1S/C16H19N5/c1-4-14-15(18-2)19-11-20-16(14)21(3)10-13-7-5-6-12(8-13)9-17/h5-8,11H,4,10H2,1-3H3,(H,18,19,20). The van der Waals surface area contributed by atoms with Gasteiger partial charge in [-0.1, -0.05) is 19.1 Å². The monoisotopic (exact) mass is 281 g/mol. The fraction of sp³-hybridized carbons (Fsp3) is 0.312. The van der Waals surface area contributed by atoms with Crippen LogP contribution in [-0.4, -0.2) is 24.1 Å². The van der Waals surface area contributed by atoms with E-state index < -0.39 is 0 Å². The minimum Gasteiger partial charge on any atom is -0.373 e. The molecule has 0 bridgehead atoms. The van der Waals surface area contributed by atoms with Gasteiger partial charge in [0.15, 0.2) is 0 Å². The topological polar surface area (TPSA) is 64.8 Å². The average molecular weight is 281 g/mol. The van der Waals surface area contributed by atoms with Crippen LogP contribution in [-0.2, 0) is 13.0 Å². The smallest absolute Gasteiger partial charge is 0.137 e. The van der Waals surface area contributed by atoms with Crippen LogP contribution in [0, 0.1) is 11.3 Å². The minimum absolute atomic E-state index is 0.676. The molecule has 0 aliphatic rings. The molecule has 0 fully saturated rings. The zero-order chi connectivity index (χ0) is 15.2. The number of hydrogen-bond donors (Lipinski definition) is 1. The molecule has 2 aromatic rings. The first-order valence-corrected chi connectivity index (χ1v) is 6.91. The van der Waals surface area contributed by atoms with Crippen molar-refractivity contribution in [3.63, 3.8) is 0 Å². The number of nitriles is 1. The molecule has 5 nitrogen and oxygen atoms in total. The highest BCUT2D eigenvalue weighted by molar-refractivity contribution is 5.58. The zero-order valence-corrected chi connectivity index (χ0v) is 12.6. The summed E-state index contributed by atoms with van der Waals surface area (Å²) in [6.45, 7) is 2.79. The van der Waals surface area contributed by atoms with Crippen molar-refractivity contribution in [2.45, 2.75) is 19.9 Å². The molecule has 0 aliphatic carbocycles. The zero-order valence-electron chi connectivity index (χ0n) is 12.6. The molecular formula is C16H19N5. The van der Waals surface area contributed by atoms with E-state index in [-0.39, 0.29) is 0 Å². The van der Waals surface area contributed by atoms with Gasteiger partial charge in [-0.15, -0.1) is 0 Å². The Hall–Kier alpha value is -2.61. The first-order chi connectivity index (χ1) is 10.2. The second kappa shape index (κ2) is 6.71. The molecule has 1 aromatic heterocycles. The first kappa shape index (κ1) is 14.8. The van der Waals surface area contributed by atoms with Crippen molar-refractivity contribution in [3.05, 3.63) is 47.3 Å². The van der Waals surface area contributed by atoms with E-state index >= 15 is 0 Å². The second-order valence-corrected chi connectivity index (χ2v) is 4.80. The average Bonchev–Trinajstić information content (AvgIpc) is 2.53. The lowest BCUT2D eigenvalue weighted by molar-refractivity contribution is 0.871. The largest absolute Gasteiger partial charge is 0.373 e. The molecule has 0 saturated carbocycles. The minimum atomic E-state index is 0.676. The summed E-state index contributed by atoms with van der Waals surface area (Å²) in [7, 11) is 3.86. The summed E-state index contributed by atoms with van der Waals surface area (Å²) in [6.07, 6.45) is 2.43. The van der Waals surface area contributed by atoms with E-state index in [0.29, 0.717) is 12.1 Å². The summed E-state index contributed by atoms with van der Waals surface area (Å²) >= 11 is 0. The number of benzene rings is 1. The van der Waals surface area contributed by atoms with E-state index in [1.165, 1.54) is 0 Å². The van der Waals surface area contributed by atoms with Crippen molar-refractivity contribution < 1.29 is 0 Å². The molecule has 0 saturated heterocycles. The molecule has 1 aromatic carbocycles. The number of nitrogens with zero attached hydrogens (tertiary/aromatic N) is 4. The van der Waals surface area contributed by atoms with Gasteiger partial charge in [-0.05, 0) is 24.1 Å². The Morgan fingerprint density at radius 1 is 1.33 bits per heavy atom. The maximum absolute atomic E-state index is 8.97. The molecule has 0 atom stereocenters. The maximum atomic E-state index is 8.97.